The Bertz CT molecular complexity index is 1010. The summed E-state index contributed by atoms with van der Waals surface area (Å²) in [7, 11) is 3.04. The Balaban J connectivity index is 1.59. The molecule has 0 aromatic heterocycles. The fourth-order valence-corrected chi connectivity index (χ4v) is 3.90. The van der Waals surface area contributed by atoms with Crippen LogP contribution in [-0.2, 0) is 4.79 Å². The molecule has 0 saturated carbocycles. The lowest BCUT2D eigenvalue weighted by atomic mass is 10.2. The monoisotopic (exact) mass is 477 g/mol. The second-order valence-corrected chi connectivity index (χ2v) is 8.02. The maximum atomic E-state index is 12.7. The number of carbonyl (C=O) groups is 2. The summed E-state index contributed by atoms with van der Waals surface area (Å²) in [6.45, 7) is 2.01. The number of halogens is 2. The molecular weight excluding hydrogens is 453 g/mol. The molecule has 1 fully saturated rings. The summed E-state index contributed by atoms with van der Waals surface area (Å²) in [5.74, 6) is 0.803. The number of nitrogens with one attached hydrogen (secondary N) is 1. The van der Waals surface area contributed by atoms with Gasteiger partial charge in [-0.25, -0.2) is 4.79 Å². The van der Waals surface area contributed by atoms with Gasteiger partial charge in [-0.2, -0.15) is 0 Å². The molecule has 1 aliphatic rings. The molecule has 1 aliphatic heterocycles. The average Bonchev–Trinajstić information content (AvgIpc) is 3.03. The highest BCUT2D eigenvalue weighted by molar-refractivity contribution is 6.32. The van der Waals surface area contributed by atoms with Crippen molar-refractivity contribution in [2.24, 2.45) is 0 Å². The van der Waals surface area contributed by atoms with E-state index in [4.69, 9.17) is 32.7 Å². The van der Waals surface area contributed by atoms with Crippen LogP contribution in [-0.4, -0.2) is 62.1 Å². The molecule has 2 aromatic carbocycles. The minimum Gasteiger partial charge on any atom is -0.493 e. The fraction of sp³-hybridized carbons (Fsp3) is 0.304. The van der Waals surface area contributed by atoms with E-state index in [1.165, 1.54) is 20.3 Å². The summed E-state index contributed by atoms with van der Waals surface area (Å²) in [6.07, 6.45) is 3.87. The van der Waals surface area contributed by atoms with E-state index in [0.717, 1.165) is 5.56 Å². The third kappa shape index (κ3) is 6.08. The van der Waals surface area contributed by atoms with Crippen molar-refractivity contribution in [3.05, 3.63) is 58.1 Å². The smallest absolute Gasteiger partial charge is 0.321 e. The quantitative estimate of drug-likeness (QED) is 0.628. The fourth-order valence-electron chi connectivity index (χ4n) is 3.42. The molecule has 1 saturated heterocycles. The molecule has 1 N–H and O–H groups in total. The Labute approximate surface area is 197 Å². The van der Waals surface area contributed by atoms with Crippen LogP contribution in [0.1, 0.15) is 12.0 Å². The van der Waals surface area contributed by atoms with Gasteiger partial charge in [-0.15, -0.1) is 0 Å². The molecule has 0 atom stereocenters. The maximum Gasteiger partial charge on any atom is 0.321 e. The summed E-state index contributed by atoms with van der Waals surface area (Å²) >= 11 is 12.2. The largest absolute Gasteiger partial charge is 0.493 e. The maximum absolute atomic E-state index is 12.7. The summed E-state index contributed by atoms with van der Waals surface area (Å²) < 4.78 is 10.5. The van der Waals surface area contributed by atoms with Crippen molar-refractivity contribution in [3.63, 3.8) is 0 Å². The molecule has 0 radical (unpaired) electrons. The van der Waals surface area contributed by atoms with E-state index in [9.17, 15) is 9.59 Å². The second kappa shape index (κ2) is 11.1. The number of nitrogens with zero attached hydrogens (tertiary/aromatic N) is 2. The molecule has 0 unspecified atom stereocenters. The number of carbonyl (C=O) groups excluding carboxylic acids is 2. The van der Waals surface area contributed by atoms with Crippen LogP contribution in [0.2, 0.25) is 10.0 Å². The standard InChI is InChI=1S/C23H25Cl2N3O4/c1-31-20-14-16(13-19(25)22(20)32-2)7-8-21(29)27-9-4-10-28(12-11-27)23(30)26-18-6-3-5-17(24)15-18/h3,5-8,13-15H,4,9-12H2,1-2H3,(H,26,30)/b8-7+. The van der Waals surface area contributed by atoms with Crippen molar-refractivity contribution in [2.75, 3.05) is 45.7 Å². The molecule has 32 heavy (non-hydrogen) atoms. The van der Waals surface area contributed by atoms with Gasteiger partial charge in [-0.05, 0) is 48.4 Å². The van der Waals surface area contributed by atoms with E-state index in [0.29, 0.717) is 59.8 Å². The van der Waals surface area contributed by atoms with Crippen LogP contribution in [0, 0.1) is 0 Å². The van der Waals surface area contributed by atoms with E-state index in [-0.39, 0.29) is 11.9 Å². The lowest BCUT2D eigenvalue weighted by molar-refractivity contribution is -0.125. The van der Waals surface area contributed by atoms with Gasteiger partial charge in [0, 0.05) is 43.0 Å². The summed E-state index contributed by atoms with van der Waals surface area (Å²) in [5.41, 5.74) is 1.36. The zero-order chi connectivity index (χ0) is 23.1. The molecule has 3 rings (SSSR count). The van der Waals surface area contributed by atoms with E-state index in [1.807, 2.05) is 0 Å². The number of hydrogen-bond donors (Lipinski definition) is 1. The molecule has 170 valence electrons. The molecule has 0 bridgehead atoms. The van der Waals surface area contributed by atoms with Gasteiger partial charge >= 0.3 is 6.03 Å². The van der Waals surface area contributed by atoms with Gasteiger partial charge in [0.05, 0.1) is 19.2 Å². The van der Waals surface area contributed by atoms with E-state index in [1.54, 1.807) is 52.3 Å². The zero-order valence-corrected chi connectivity index (χ0v) is 19.4. The normalized spacial score (nSPS) is 14.2. The van der Waals surface area contributed by atoms with Crippen LogP contribution < -0.4 is 14.8 Å². The van der Waals surface area contributed by atoms with Crippen molar-refractivity contribution < 1.29 is 19.1 Å². The Morgan fingerprint density at radius 1 is 1.00 bits per heavy atom. The Kier molecular flexibility index (Phi) is 8.25. The summed E-state index contributed by atoms with van der Waals surface area (Å²) in [6, 6.07) is 10.2. The first-order valence-corrected chi connectivity index (χ1v) is 10.9. The average molecular weight is 478 g/mol. The molecule has 3 amide bonds. The Hall–Kier alpha value is -2.90. The van der Waals surface area contributed by atoms with Gasteiger partial charge < -0.3 is 24.6 Å². The predicted octanol–water partition coefficient (Wildman–Crippen LogP) is 4.79. The Morgan fingerprint density at radius 2 is 1.75 bits per heavy atom. The number of rotatable bonds is 5. The van der Waals surface area contributed by atoms with Crippen LogP contribution in [0.25, 0.3) is 6.08 Å². The van der Waals surface area contributed by atoms with Crippen LogP contribution in [0.15, 0.2) is 42.5 Å². The van der Waals surface area contributed by atoms with Crippen molar-refractivity contribution in [2.45, 2.75) is 6.42 Å². The highest BCUT2D eigenvalue weighted by Gasteiger charge is 2.21. The first-order chi connectivity index (χ1) is 15.4. The van der Waals surface area contributed by atoms with E-state index in [2.05, 4.69) is 5.32 Å². The number of amides is 3. The van der Waals surface area contributed by atoms with Gasteiger partial charge in [-0.1, -0.05) is 29.3 Å². The summed E-state index contributed by atoms with van der Waals surface area (Å²) in [4.78, 5) is 28.7. The highest BCUT2D eigenvalue weighted by Crippen LogP contribution is 2.36. The van der Waals surface area contributed by atoms with Crippen molar-refractivity contribution >= 4 is 46.9 Å². The number of hydrogen-bond acceptors (Lipinski definition) is 4. The van der Waals surface area contributed by atoms with E-state index >= 15 is 0 Å². The summed E-state index contributed by atoms with van der Waals surface area (Å²) in [5, 5.41) is 3.80. The molecule has 9 heteroatoms. The minimum atomic E-state index is -0.211. The lowest BCUT2D eigenvalue weighted by Crippen LogP contribution is -2.39. The van der Waals surface area contributed by atoms with Crippen LogP contribution in [0.3, 0.4) is 0 Å². The van der Waals surface area contributed by atoms with Gasteiger partial charge in [0.1, 0.15) is 0 Å². The minimum absolute atomic E-state index is 0.131. The van der Waals surface area contributed by atoms with Crippen molar-refractivity contribution in [1.29, 1.82) is 0 Å². The molecule has 0 aliphatic carbocycles. The number of benzene rings is 2. The number of urea groups is 1. The highest BCUT2D eigenvalue weighted by atomic mass is 35.5. The van der Waals surface area contributed by atoms with Crippen LogP contribution in [0.5, 0.6) is 11.5 Å². The molecule has 2 aromatic rings. The zero-order valence-electron chi connectivity index (χ0n) is 17.9. The number of ether oxygens (including phenoxy) is 2. The second-order valence-electron chi connectivity index (χ2n) is 7.18. The predicted molar refractivity (Wildman–Crippen MR) is 127 cm³/mol. The van der Waals surface area contributed by atoms with Gasteiger partial charge in [-0.3, -0.25) is 4.79 Å². The number of methoxy groups -OCH3 is 2. The van der Waals surface area contributed by atoms with Crippen molar-refractivity contribution in [3.8, 4) is 11.5 Å². The topological polar surface area (TPSA) is 71.1 Å². The molecule has 7 nitrogen and oxygen atoms in total. The van der Waals surface area contributed by atoms with Gasteiger partial charge in [0.2, 0.25) is 5.91 Å². The van der Waals surface area contributed by atoms with Crippen LogP contribution >= 0.6 is 23.2 Å². The lowest BCUT2D eigenvalue weighted by Gasteiger charge is -2.22. The van der Waals surface area contributed by atoms with E-state index < -0.39 is 0 Å². The van der Waals surface area contributed by atoms with Gasteiger partial charge in [0.15, 0.2) is 11.5 Å². The number of anilines is 1. The van der Waals surface area contributed by atoms with Crippen LogP contribution in [0.4, 0.5) is 10.5 Å². The first-order valence-electron chi connectivity index (χ1n) is 10.1. The third-order valence-electron chi connectivity index (χ3n) is 5.04. The van der Waals surface area contributed by atoms with Gasteiger partial charge in [0.25, 0.3) is 0 Å². The van der Waals surface area contributed by atoms with Crippen molar-refractivity contribution in [1.82, 2.24) is 9.80 Å². The molecule has 1 heterocycles. The molecule has 0 spiro atoms. The Morgan fingerprint density at radius 3 is 2.47 bits per heavy atom. The SMILES string of the molecule is COc1cc(/C=C/C(=O)N2CCCN(C(=O)Nc3cccc(Cl)c3)CC2)cc(Cl)c1OC. The first kappa shape index (κ1) is 23.8. The third-order valence-corrected chi connectivity index (χ3v) is 5.56. The molecular formula is C23H25Cl2N3O4.